The summed E-state index contributed by atoms with van der Waals surface area (Å²) < 4.78 is 1.84. The third kappa shape index (κ3) is 3.09. The molecule has 0 bridgehead atoms. The summed E-state index contributed by atoms with van der Waals surface area (Å²) in [7, 11) is 0. The van der Waals surface area contributed by atoms with Crippen LogP contribution in [0.15, 0.2) is 67.0 Å². The van der Waals surface area contributed by atoms with Crippen LogP contribution in [0.4, 0.5) is 0 Å². The first kappa shape index (κ1) is 16.4. The van der Waals surface area contributed by atoms with Crippen molar-refractivity contribution in [3.8, 4) is 11.3 Å². The van der Waals surface area contributed by atoms with Gasteiger partial charge in [-0.2, -0.15) is 0 Å². The quantitative estimate of drug-likeness (QED) is 0.598. The van der Waals surface area contributed by atoms with Crippen molar-refractivity contribution in [3.05, 3.63) is 78.1 Å². The van der Waals surface area contributed by atoms with Gasteiger partial charge < -0.3 is 5.11 Å². The molecule has 2 aromatic heterocycles. The Morgan fingerprint density at radius 2 is 1.85 bits per heavy atom. The third-order valence-electron chi connectivity index (χ3n) is 4.62. The predicted octanol–water partition coefficient (Wildman–Crippen LogP) is 3.77. The summed E-state index contributed by atoms with van der Waals surface area (Å²) in [6.07, 6.45) is 4.33. The van der Waals surface area contributed by atoms with E-state index in [1.807, 2.05) is 41.2 Å². The number of fused-ring (bicyclic) bond motifs is 1. The first-order chi connectivity index (χ1) is 12.8. The van der Waals surface area contributed by atoms with E-state index in [9.17, 15) is 5.11 Å². The number of aromatic nitrogens is 4. The van der Waals surface area contributed by atoms with Gasteiger partial charge in [-0.05, 0) is 31.0 Å². The summed E-state index contributed by atoms with van der Waals surface area (Å²) in [4.78, 5) is 4.41. The molecular formula is C21H20N4O. The zero-order chi connectivity index (χ0) is 17.9. The smallest absolute Gasteiger partial charge is 0.113 e. The van der Waals surface area contributed by atoms with Crippen LogP contribution in [0.3, 0.4) is 0 Å². The molecule has 26 heavy (non-hydrogen) atoms. The highest BCUT2D eigenvalue weighted by molar-refractivity contribution is 5.92. The average Bonchev–Trinajstić information content (AvgIpc) is 3.16. The standard InChI is InChI=1S/C21H20N4O/c1-15-6-8-16(9-7-15)21(11-13-26)25-14-20(23-24-25)18-10-12-22-19-5-3-2-4-17(18)19/h2-10,12,14,21,26H,11,13H2,1H3/t21-/m1/s1. The number of aryl methyl sites for hydroxylation is 1. The highest BCUT2D eigenvalue weighted by atomic mass is 16.3. The molecule has 5 heteroatoms. The van der Waals surface area contributed by atoms with Crippen molar-refractivity contribution in [1.29, 1.82) is 0 Å². The Hall–Kier alpha value is -3.05. The number of hydrogen-bond acceptors (Lipinski definition) is 4. The van der Waals surface area contributed by atoms with Crippen LogP contribution in [0, 0.1) is 6.92 Å². The van der Waals surface area contributed by atoms with Crippen molar-refractivity contribution in [2.45, 2.75) is 19.4 Å². The van der Waals surface area contributed by atoms with E-state index in [-0.39, 0.29) is 12.6 Å². The summed E-state index contributed by atoms with van der Waals surface area (Å²) in [5.41, 5.74) is 5.07. The molecular weight excluding hydrogens is 324 g/mol. The van der Waals surface area contributed by atoms with Crippen molar-refractivity contribution in [3.63, 3.8) is 0 Å². The van der Waals surface area contributed by atoms with Gasteiger partial charge >= 0.3 is 0 Å². The third-order valence-corrected chi connectivity index (χ3v) is 4.62. The van der Waals surface area contributed by atoms with Crippen LogP contribution in [0.1, 0.15) is 23.6 Å². The molecule has 0 radical (unpaired) electrons. The van der Waals surface area contributed by atoms with Gasteiger partial charge in [-0.15, -0.1) is 5.10 Å². The van der Waals surface area contributed by atoms with Gasteiger partial charge in [-0.1, -0.05) is 53.2 Å². The largest absolute Gasteiger partial charge is 0.396 e. The molecule has 0 saturated heterocycles. The maximum atomic E-state index is 9.51. The molecule has 2 heterocycles. The van der Waals surface area contributed by atoms with Crippen molar-refractivity contribution in [2.24, 2.45) is 0 Å². The average molecular weight is 344 g/mol. The van der Waals surface area contributed by atoms with Crippen molar-refractivity contribution >= 4 is 10.9 Å². The fourth-order valence-electron chi connectivity index (χ4n) is 3.23. The summed E-state index contributed by atoms with van der Waals surface area (Å²) in [6, 6.07) is 18.2. The Morgan fingerprint density at radius 1 is 1.04 bits per heavy atom. The minimum atomic E-state index is -0.0463. The summed E-state index contributed by atoms with van der Waals surface area (Å²) in [5.74, 6) is 0. The zero-order valence-electron chi connectivity index (χ0n) is 14.6. The van der Waals surface area contributed by atoms with E-state index >= 15 is 0 Å². The minimum Gasteiger partial charge on any atom is -0.396 e. The highest BCUT2D eigenvalue weighted by Crippen LogP contribution is 2.28. The molecule has 130 valence electrons. The van der Waals surface area contributed by atoms with Crippen LogP contribution in [-0.2, 0) is 0 Å². The Balaban J connectivity index is 1.75. The van der Waals surface area contributed by atoms with Gasteiger partial charge in [-0.25, -0.2) is 4.68 Å². The van der Waals surface area contributed by atoms with Gasteiger partial charge in [0.1, 0.15) is 5.69 Å². The number of aliphatic hydroxyl groups excluding tert-OH is 1. The maximum Gasteiger partial charge on any atom is 0.113 e. The lowest BCUT2D eigenvalue weighted by atomic mass is 10.0. The maximum absolute atomic E-state index is 9.51. The van der Waals surface area contributed by atoms with E-state index in [1.165, 1.54) is 5.56 Å². The van der Waals surface area contributed by atoms with E-state index in [0.717, 1.165) is 27.7 Å². The van der Waals surface area contributed by atoms with Gasteiger partial charge in [0.25, 0.3) is 0 Å². The van der Waals surface area contributed by atoms with Gasteiger partial charge in [0.05, 0.1) is 17.8 Å². The van der Waals surface area contributed by atoms with Crippen molar-refractivity contribution in [2.75, 3.05) is 6.61 Å². The highest BCUT2D eigenvalue weighted by Gasteiger charge is 2.17. The van der Waals surface area contributed by atoms with E-state index < -0.39 is 0 Å². The molecule has 0 amide bonds. The monoisotopic (exact) mass is 344 g/mol. The number of nitrogens with zero attached hydrogens (tertiary/aromatic N) is 4. The molecule has 0 spiro atoms. The van der Waals surface area contributed by atoms with Crippen LogP contribution in [0.2, 0.25) is 0 Å². The Bertz CT molecular complexity index is 1020. The SMILES string of the molecule is Cc1ccc([C@@H](CCO)n2cc(-c3ccnc4ccccc34)nn2)cc1. The summed E-state index contributed by atoms with van der Waals surface area (Å²) in [6.45, 7) is 2.15. The molecule has 0 fully saturated rings. The molecule has 0 aliphatic heterocycles. The van der Waals surface area contributed by atoms with Crippen LogP contribution >= 0.6 is 0 Å². The van der Waals surface area contributed by atoms with Crippen LogP contribution < -0.4 is 0 Å². The first-order valence-electron chi connectivity index (χ1n) is 8.69. The second-order valence-electron chi connectivity index (χ2n) is 6.40. The fourth-order valence-corrected chi connectivity index (χ4v) is 3.23. The van der Waals surface area contributed by atoms with Gasteiger partial charge in [-0.3, -0.25) is 4.98 Å². The lowest BCUT2D eigenvalue weighted by Crippen LogP contribution is -2.13. The number of hydrogen-bond donors (Lipinski definition) is 1. The molecule has 2 aromatic carbocycles. The molecule has 0 aliphatic rings. The Labute approximate surface area is 151 Å². The van der Waals surface area contributed by atoms with Crippen LogP contribution in [0.5, 0.6) is 0 Å². The normalized spacial score (nSPS) is 12.4. The fraction of sp³-hybridized carbons (Fsp3) is 0.190. The molecule has 1 N–H and O–H groups in total. The second kappa shape index (κ2) is 7.06. The second-order valence-corrected chi connectivity index (χ2v) is 6.40. The van der Waals surface area contributed by atoms with E-state index in [1.54, 1.807) is 6.20 Å². The van der Waals surface area contributed by atoms with Crippen molar-refractivity contribution in [1.82, 2.24) is 20.0 Å². The van der Waals surface area contributed by atoms with Gasteiger partial charge in [0.2, 0.25) is 0 Å². The van der Waals surface area contributed by atoms with E-state index in [0.29, 0.717) is 6.42 Å². The summed E-state index contributed by atoms with van der Waals surface area (Å²) in [5, 5.41) is 19.3. The molecule has 4 aromatic rings. The molecule has 5 nitrogen and oxygen atoms in total. The van der Waals surface area contributed by atoms with Gasteiger partial charge in [0.15, 0.2) is 0 Å². The topological polar surface area (TPSA) is 63.8 Å². The Morgan fingerprint density at radius 3 is 2.65 bits per heavy atom. The van der Waals surface area contributed by atoms with Crippen molar-refractivity contribution < 1.29 is 5.11 Å². The first-order valence-corrected chi connectivity index (χ1v) is 8.69. The number of benzene rings is 2. The summed E-state index contributed by atoms with van der Waals surface area (Å²) >= 11 is 0. The van der Waals surface area contributed by atoms with E-state index in [4.69, 9.17) is 0 Å². The van der Waals surface area contributed by atoms with E-state index in [2.05, 4.69) is 46.5 Å². The Kier molecular flexibility index (Phi) is 4.46. The van der Waals surface area contributed by atoms with Crippen LogP contribution in [-0.4, -0.2) is 31.7 Å². The number of para-hydroxylation sites is 1. The minimum absolute atomic E-state index is 0.0463. The lowest BCUT2D eigenvalue weighted by Gasteiger charge is -2.16. The molecule has 0 unspecified atom stereocenters. The zero-order valence-corrected chi connectivity index (χ0v) is 14.6. The number of aliphatic hydroxyl groups is 1. The molecule has 0 saturated carbocycles. The molecule has 0 aliphatic carbocycles. The number of rotatable bonds is 5. The van der Waals surface area contributed by atoms with Crippen LogP contribution in [0.25, 0.3) is 22.2 Å². The number of pyridine rings is 1. The molecule has 4 rings (SSSR count). The lowest BCUT2D eigenvalue weighted by molar-refractivity contribution is 0.262. The predicted molar refractivity (Wildman–Crippen MR) is 102 cm³/mol. The molecule has 1 atom stereocenters. The van der Waals surface area contributed by atoms with Gasteiger partial charge in [0, 0.05) is 23.8 Å².